The van der Waals surface area contributed by atoms with Crippen molar-refractivity contribution in [2.75, 3.05) is 47.1 Å². The van der Waals surface area contributed by atoms with E-state index >= 15 is 0 Å². The van der Waals surface area contributed by atoms with Gasteiger partial charge in [0.15, 0.2) is 11.5 Å². The van der Waals surface area contributed by atoms with Gasteiger partial charge in [-0.05, 0) is 30.3 Å². The van der Waals surface area contributed by atoms with E-state index in [1.165, 1.54) is 5.69 Å². The van der Waals surface area contributed by atoms with Gasteiger partial charge in [-0.2, -0.15) is 0 Å². The van der Waals surface area contributed by atoms with Crippen LogP contribution in [0.25, 0.3) is 0 Å². The third-order valence-corrected chi connectivity index (χ3v) is 4.91. The Morgan fingerprint density at radius 2 is 1.93 bits per heavy atom. The minimum atomic E-state index is -0.136. The molecule has 2 heterocycles. The lowest BCUT2D eigenvalue weighted by Gasteiger charge is -2.35. The van der Waals surface area contributed by atoms with Gasteiger partial charge in [-0.15, -0.1) is 0 Å². The molecule has 1 aromatic heterocycles. The molecule has 1 atom stereocenters. The van der Waals surface area contributed by atoms with Crippen molar-refractivity contribution in [1.82, 2.24) is 14.8 Å². The van der Waals surface area contributed by atoms with Crippen LogP contribution in [0.2, 0.25) is 0 Å². The number of aromatic nitrogens is 1. The summed E-state index contributed by atoms with van der Waals surface area (Å²) >= 11 is 0. The van der Waals surface area contributed by atoms with Crippen LogP contribution in [0, 0.1) is 0 Å². The second kappa shape index (κ2) is 8.92. The summed E-state index contributed by atoms with van der Waals surface area (Å²) in [6.07, 6.45) is 2.03. The third-order valence-electron chi connectivity index (χ3n) is 4.91. The Morgan fingerprint density at radius 1 is 1.19 bits per heavy atom. The fourth-order valence-corrected chi connectivity index (χ4v) is 3.40. The molecule has 1 aliphatic rings. The van der Waals surface area contributed by atoms with E-state index in [2.05, 4.69) is 20.9 Å². The molecule has 0 spiro atoms. The number of benzene rings is 1. The van der Waals surface area contributed by atoms with Crippen molar-refractivity contribution in [2.45, 2.75) is 6.04 Å². The van der Waals surface area contributed by atoms with Gasteiger partial charge < -0.3 is 24.1 Å². The van der Waals surface area contributed by atoms with Gasteiger partial charge in [0.05, 0.1) is 33.5 Å². The molecule has 0 radical (unpaired) electrons. The lowest BCUT2D eigenvalue weighted by Crippen LogP contribution is -2.44. The summed E-state index contributed by atoms with van der Waals surface area (Å²) in [4.78, 5) is 15.1. The molecular formula is C20H27N3O4. The van der Waals surface area contributed by atoms with Crippen LogP contribution in [0.3, 0.4) is 0 Å². The van der Waals surface area contributed by atoms with Crippen molar-refractivity contribution in [3.05, 3.63) is 47.8 Å². The van der Waals surface area contributed by atoms with E-state index in [1.807, 2.05) is 19.3 Å². The van der Waals surface area contributed by atoms with E-state index in [0.717, 1.165) is 13.1 Å². The zero-order valence-electron chi connectivity index (χ0n) is 16.1. The molecule has 1 N–H and O–H groups in total. The summed E-state index contributed by atoms with van der Waals surface area (Å²) in [5.41, 5.74) is 1.71. The first-order valence-electron chi connectivity index (χ1n) is 9.07. The van der Waals surface area contributed by atoms with Crippen LogP contribution >= 0.6 is 0 Å². The molecule has 27 heavy (non-hydrogen) atoms. The fraction of sp³-hybridized carbons (Fsp3) is 0.450. The number of hydrogen-bond donors (Lipinski definition) is 1. The number of aryl methyl sites for hydroxylation is 1. The van der Waals surface area contributed by atoms with Gasteiger partial charge in [0, 0.05) is 44.1 Å². The van der Waals surface area contributed by atoms with Gasteiger partial charge in [-0.3, -0.25) is 9.69 Å². The average Bonchev–Trinajstić information content (AvgIpc) is 3.14. The molecule has 2 aromatic rings. The Morgan fingerprint density at radius 3 is 2.56 bits per heavy atom. The molecular weight excluding hydrogens is 346 g/mol. The van der Waals surface area contributed by atoms with E-state index in [0.29, 0.717) is 36.8 Å². The first-order chi connectivity index (χ1) is 13.1. The van der Waals surface area contributed by atoms with E-state index in [1.54, 1.807) is 32.4 Å². The molecule has 7 nitrogen and oxygen atoms in total. The van der Waals surface area contributed by atoms with E-state index in [9.17, 15) is 4.79 Å². The maximum atomic E-state index is 12.7. The number of nitrogens with zero attached hydrogens (tertiary/aromatic N) is 2. The molecule has 0 saturated carbocycles. The number of amides is 1. The van der Waals surface area contributed by atoms with Crippen LogP contribution in [0.1, 0.15) is 22.1 Å². The molecule has 1 saturated heterocycles. The molecule has 3 rings (SSSR count). The maximum absolute atomic E-state index is 12.7. The maximum Gasteiger partial charge on any atom is 0.251 e. The largest absolute Gasteiger partial charge is 0.493 e. The van der Waals surface area contributed by atoms with Crippen LogP contribution in [0.4, 0.5) is 0 Å². The number of morpholine rings is 1. The van der Waals surface area contributed by atoms with Gasteiger partial charge in [0.1, 0.15) is 0 Å². The Hall–Kier alpha value is -2.51. The third kappa shape index (κ3) is 4.43. The second-order valence-electron chi connectivity index (χ2n) is 6.49. The molecule has 1 unspecified atom stereocenters. The standard InChI is InChI=1S/C20H27N3O4/c1-22-8-4-5-16(22)17(23-9-11-27-12-10-23)14-21-20(24)15-6-7-18(25-2)19(13-15)26-3/h4-8,13,17H,9-12,14H2,1-3H3,(H,21,24). The number of carbonyl (C=O) groups is 1. The highest BCUT2D eigenvalue weighted by molar-refractivity contribution is 5.94. The highest BCUT2D eigenvalue weighted by Gasteiger charge is 2.25. The second-order valence-corrected chi connectivity index (χ2v) is 6.49. The van der Waals surface area contributed by atoms with E-state index in [-0.39, 0.29) is 11.9 Å². The Labute approximate surface area is 159 Å². The molecule has 0 bridgehead atoms. The first-order valence-corrected chi connectivity index (χ1v) is 9.07. The Balaban J connectivity index is 1.73. The number of rotatable bonds is 7. The quantitative estimate of drug-likeness (QED) is 0.802. The van der Waals surface area contributed by atoms with Crippen LogP contribution < -0.4 is 14.8 Å². The topological polar surface area (TPSA) is 65.0 Å². The van der Waals surface area contributed by atoms with Crippen molar-refractivity contribution in [3.63, 3.8) is 0 Å². The van der Waals surface area contributed by atoms with Gasteiger partial charge in [0.25, 0.3) is 5.91 Å². The summed E-state index contributed by atoms with van der Waals surface area (Å²) in [5.74, 6) is 1.00. The molecule has 7 heteroatoms. The number of hydrogen-bond acceptors (Lipinski definition) is 5. The summed E-state index contributed by atoms with van der Waals surface area (Å²) in [6.45, 7) is 3.64. The lowest BCUT2D eigenvalue weighted by molar-refractivity contribution is 0.0148. The lowest BCUT2D eigenvalue weighted by atomic mass is 10.1. The first kappa shape index (κ1) is 19.3. The van der Waals surface area contributed by atoms with Crippen molar-refractivity contribution >= 4 is 5.91 Å². The van der Waals surface area contributed by atoms with Crippen molar-refractivity contribution < 1.29 is 19.0 Å². The van der Waals surface area contributed by atoms with Gasteiger partial charge in [-0.1, -0.05) is 0 Å². The minimum absolute atomic E-state index is 0.0954. The highest BCUT2D eigenvalue weighted by Crippen LogP contribution is 2.27. The highest BCUT2D eigenvalue weighted by atomic mass is 16.5. The number of ether oxygens (including phenoxy) is 3. The zero-order valence-corrected chi connectivity index (χ0v) is 16.1. The SMILES string of the molecule is COc1ccc(C(=O)NCC(c2cccn2C)N2CCOCC2)cc1OC. The van der Waals surface area contributed by atoms with Crippen molar-refractivity contribution in [2.24, 2.45) is 7.05 Å². The van der Waals surface area contributed by atoms with Crippen molar-refractivity contribution in [3.8, 4) is 11.5 Å². The summed E-state index contributed by atoms with van der Waals surface area (Å²) in [6, 6.07) is 9.40. The number of carbonyl (C=O) groups excluding carboxylic acids is 1. The molecule has 1 aliphatic heterocycles. The van der Waals surface area contributed by atoms with Crippen LogP contribution in [0.15, 0.2) is 36.5 Å². The Kier molecular flexibility index (Phi) is 6.36. The molecule has 0 aliphatic carbocycles. The van der Waals surface area contributed by atoms with E-state index < -0.39 is 0 Å². The average molecular weight is 373 g/mol. The van der Waals surface area contributed by atoms with E-state index in [4.69, 9.17) is 14.2 Å². The monoisotopic (exact) mass is 373 g/mol. The predicted molar refractivity (Wildman–Crippen MR) is 102 cm³/mol. The smallest absolute Gasteiger partial charge is 0.251 e. The van der Waals surface area contributed by atoms with Crippen LogP contribution in [-0.2, 0) is 11.8 Å². The molecule has 146 valence electrons. The number of nitrogens with one attached hydrogen (secondary N) is 1. The molecule has 1 aromatic carbocycles. The zero-order chi connectivity index (χ0) is 19.2. The number of methoxy groups -OCH3 is 2. The van der Waals surface area contributed by atoms with Gasteiger partial charge in [-0.25, -0.2) is 0 Å². The van der Waals surface area contributed by atoms with Crippen molar-refractivity contribution in [1.29, 1.82) is 0 Å². The predicted octanol–water partition coefficient (Wildman–Crippen LogP) is 1.85. The van der Waals surface area contributed by atoms with Gasteiger partial charge in [0.2, 0.25) is 0 Å². The van der Waals surface area contributed by atoms with Gasteiger partial charge >= 0.3 is 0 Å². The normalized spacial score (nSPS) is 16.0. The Bertz CT molecular complexity index is 768. The summed E-state index contributed by atoms with van der Waals surface area (Å²) in [7, 11) is 5.16. The molecule has 1 amide bonds. The fourth-order valence-electron chi connectivity index (χ4n) is 3.40. The van der Waals surface area contributed by atoms with Crippen LogP contribution in [-0.4, -0.2) is 62.4 Å². The summed E-state index contributed by atoms with van der Waals surface area (Å²) < 4.78 is 18.1. The van der Waals surface area contributed by atoms with Crippen LogP contribution in [0.5, 0.6) is 11.5 Å². The molecule has 1 fully saturated rings. The minimum Gasteiger partial charge on any atom is -0.493 e. The summed E-state index contributed by atoms with van der Waals surface area (Å²) in [5, 5.41) is 3.07.